The fourth-order valence-electron chi connectivity index (χ4n) is 1.84. The number of aromatic hydroxyl groups is 1. The molecular weight excluding hydrogens is 216 g/mol. The number of rotatable bonds is 2. The molecule has 1 aliphatic heterocycles. The van der Waals surface area contributed by atoms with Gasteiger partial charge in [-0.3, -0.25) is 4.79 Å². The summed E-state index contributed by atoms with van der Waals surface area (Å²) in [5.41, 5.74) is 2.45. The summed E-state index contributed by atoms with van der Waals surface area (Å²) < 4.78 is 0. The van der Waals surface area contributed by atoms with Gasteiger partial charge in [-0.1, -0.05) is 18.7 Å². The number of nitrogens with one attached hydrogen (secondary N) is 1. The van der Waals surface area contributed by atoms with Gasteiger partial charge in [0.1, 0.15) is 5.75 Å². The first-order valence-corrected chi connectivity index (χ1v) is 5.58. The molecular formula is C13H16N2O2. The first kappa shape index (κ1) is 11.5. The molecule has 4 nitrogen and oxygen atoms in total. The van der Waals surface area contributed by atoms with Crippen LogP contribution in [-0.4, -0.2) is 35.5 Å². The lowest BCUT2D eigenvalue weighted by Crippen LogP contribution is -2.46. The minimum absolute atomic E-state index is 0.00809. The third kappa shape index (κ3) is 2.41. The van der Waals surface area contributed by atoms with E-state index < -0.39 is 0 Å². The zero-order valence-electron chi connectivity index (χ0n) is 9.86. The summed E-state index contributed by atoms with van der Waals surface area (Å²) in [6, 6.07) is 5.44. The number of phenolic OH excluding ortho intramolecular Hbond substituents is 1. The highest BCUT2D eigenvalue weighted by Crippen LogP contribution is 2.24. The van der Waals surface area contributed by atoms with Crippen LogP contribution in [0.3, 0.4) is 0 Å². The molecule has 17 heavy (non-hydrogen) atoms. The van der Waals surface area contributed by atoms with E-state index in [-0.39, 0.29) is 11.7 Å². The predicted octanol–water partition coefficient (Wildman–Crippen LogP) is 1.10. The van der Waals surface area contributed by atoms with Gasteiger partial charge in [-0.25, -0.2) is 0 Å². The van der Waals surface area contributed by atoms with E-state index in [9.17, 15) is 9.90 Å². The van der Waals surface area contributed by atoms with Crippen molar-refractivity contribution in [3.63, 3.8) is 0 Å². The minimum atomic E-state index is 0.00809. The molecule has 0 unspecified atom stereocenters. The van der Waals surface area contributed by atoms with Crippen LogP contribution >= 0.6 is 0 Å². The molecule has 0 bridgehead atoms. The first-order chi connectivity index (χ1) is 8.08. The van der Waals surface area contributed by atoms with E-state index in [1.807, 2.05) is 24.0 Å². The number of phenols is 1. The standard InChI is InChI=1S/C13H16N2O2/c1-9-3-4-11(7-12(9)16)10(2)15-6-5-14-13(17)8-15/h3-4,7,16H,2,5-6,8H2,1H3,(H,14,17). The molecule has 2 rings (SSSR count). The number of piperazine rings is 1. The second-order valence-electron chi connectivity index (χ2n) is 4.22. The predicted molar refractivity (Wildman–Crippen MR) is 66.5 cm³/mol. The van der Waals surface area contributed by atoms with Crippen LogP contribution in [0.15, 0.2) is 24.8 Å². The van der Waals surface area contributed by atoms with Crippen molar-refractivity contribution in [3.05, 3.63) is 35.9 Å². The molecule has 1 aliphatic rings. The molecule has 0 atom stereocenters. The molecule has 0 aliphatic carbocycles. The van der Waals surface area contributed by atoms with Crippen LogP contribution in [-0.2, 0) is 4.79 Å². The summed E-state index contributed by atoms with van der Waals surface area (Å²) in [7, 11) is 0. The lowest BCUT2D eigenvalue weighted by atomic mass is 10.1. The van der Waals surface area contributed by atoms with Crippen molar-refractivity contribution in [2.45, 2.75) is 6.92 Å². The van der Waals surface area contributed by atoms with E-state index in [0.29, 0.717) is 13.1 Å². The normalized spacial score (nSPS) is 15.6. The molecule has 1 aromatic rings. The Morgan fingerprint density at radius 3 is 2.94 bits per heavy atom. The smallest absolute Gasteiger partial charge is 0.239 e. The second-order valence-corrected chi connectivity index (χ2v) is 4.22. The summed E-state index contributed by atoms with van der Waals surface area (Å²) in [5, 5.41) is 12.4. The van der Waals surface area contributed by atoms with Gasteiger partial charge in [0, 0.05) is 24.4 Å². The average Bonchev–Trinajstić information content (AvgIpc) is 2.32. The molecule has 2 N–H and O–H groups in total. The van der Waals surface area contributed by atoms with Crippen molar-refractivity contribution >= 4 is 11.6 Å². The first-order valence-electron chi connectivity index (χ1n) is 5.58. The highest BCUT2D eigenvalue weighted by atomic mass is 16.3. The van der Waals surface area contributed by atoms with E-state index in [1.165, 1.54) is 0 Å². The molecule has 1 fully saturated rings. The molecule has 0 aromatic heterocycles. The third-order valence-corrected chi connectivity index (χ3v) is 2.96. The Balaban J connectivity index is 2.18. The summed E-state index contributed by atoms with van der Waals surface area (Å²) in [6.07, 6.45) is 0. The van der Waals surface area contributed by atoms with Gasteiger partial charge in [0.2, 0.25) is 5.91 Å². The molecule has 4 heteroatoms. The zero-order chi connectivity index (χ0) is 12.4. The van der Waals surface area contributed by atoms with Crippen LogP contribution < -0.4 is 5.32 Å². The molecule has 1 aromatic carbocycles. The number of nitrogens with zero attached hydrogens (tertiary/aromatic N) is 1. The summed E-state index contributed by atoms with van der Waals surface area (Å²) in [5.74, 6) is 0.263. The number of carbonyl (C=O) groups excluding carboxylic acids is 1. The fourth-order valence-corrected chi connectivity index (χ4v) is 1.84. The Morgan fingerprint density at radius 1 is 1.53 bits per heavy atom. The van der Waals surface area contributed by atoms with Crippen molar-refractivity contribution in [2.24, 2.45) is 0 Å². The molecule has 1 amide bonds. The van der Waals surface area contributed by atoms with Crippen molar-refractivity contribution in [1.29, 1.82) is 0 Å². The molecule has 1 saturated heterocycles. The highest BCUT2D eigenvalue weighted by Gasteiger charge is 2.18. The quantitative estimate of drug-likeness (QED) is 0.803. The van der Waals surface area contributed by atoms with Gasteiger partial charge < -0.3 is 15.3 Å². The Kier molecular flexibility index (Phi) is 3.04. The second kappa shape index (κ2) is 4.49. The molecule has 0 saturated carbocycles. The minimum Gasteiger partial charge on any atom is -0.508 e. The summed E-state index contributed by atoms with van der Waals surface area (Å²) in [6.45, 7) is 7.54. The van der Waals surface area contributed by atoms with Gasteiger partial charge in [-0.05, 0) is 18.6 Å². The van der Waals surface area contributed by atoms with E-state index in [2.05, 4.69) is 11.9 Å². The molecule has 90 valence electrons. The van der Waals surface area contributed by atoms with Gasteiger partial charge in [0.25, 0.3) is 0 Å². The van der Waals surface area contributed by atoms with E-state index in [4.69, 9.17) is 0 Å². The van der Waals surface area contributed by atoms with Crippen molar-refractivity contribution in [1.82, 2.24) is 10.2 Å². The van der Waals surface area contributed by atoms with Crippen LogP contribution in [0, 0.1) is 6.92 Å². The maximum atomic E-state index is 11.3. The van der Waals surface area contributed by atoms with Gasteiger partial charge >= 0.3 is 0 Å². The lowest BCUT2D eigenvalue weighted by molar-refractivity contribution is -0.123. The number of hydrogen-bond acceptors (Lipinski definition) is 3. The van der Waals surface area contributed by atoms with Crippen LogP contribution in [0.4, 0.5) is 0 Å². The number of carbonyl (C=O) groups is 1. The van der Waals surface area contributed by atoms with Crippen molar-refractivity contribution in [3.8, 4) is 5.75 Å². The average molecular weight is 232 g/mol. The largest absolute Gasteiger partial charge is 0.508 e. The monoisotopic (exact) mass is 232 g/mol. The Morgan fingerprint density at radius 2 is 2.29 bits per heavy atom. The van der Waals surface area contributed by atoms with E-state index in [1.54, 1.807) is 6.07 Å². The Bertz CT molecular complexity index is 468. The number of benzene rings is 1. The fraction of sp³-hybridized carbons (Fsp3) is 0.308. The van der Waals surface area contributed by atoms with Crippen molar-refractivity contribution < 1.29 is 9.90 Å². The van der Waals surface area contributed by atoms with Crippen LogP contribution in [0.5, 0.6) is 5.75 Å². The molecule has 0 spiro atoms. The maximum Gasteiger partial charge on any atom is 0.239 e. The SMILES string of the molecule is C=C(c1ccc(C)c(O)c1)N1CCNC(=O)C1. The van der Waals surface area contributed by atoms with Gasteiger partial charge in [-0.2, -0.15) is 0 Å². The van der Waals surface area contributed by atoms with Gasteiger partial charge in [-0.15, -0.1) is 0 Å². The van der Waals surface area contributed by atoms with E-state index in [0.717, 1.165) is 23.4 Å². The summed E-state index contributed by atoms with van der Waals surface area (Å²) in [4.78, 5) is 13.2. The summed E-state index contributed by atoms with van der Waals surface area (Å²) >= 11 is 0. The highest BCUT2D eigenvalue weighted by molar-refractivity contribution is 5.81. The molecule has 0 radical (unpaired) electrons. The zero-order valence-corrected chi connectivity index (χ0v) is 9.86. The third-order valence-electron chi connectivity index (χ3n) is 2.96. The number of aryl methyl sites for hydroxylation is 1. The number of hydrogen-bond donors (Lipinski definition) is 2. The van der Waals surface area contributed by atoms with Crippen LogP contribution in [0.25, 0.3) is 5.70 Å². The molecule has 1 heterocycles. The lowest BCUT2D eigenvalue weighted by Gasteiger charge is -2.30. The van der Waals surface area contributed by atoms with Crippen molar-refractivity contribution in [2.75, 3.05) is 19.6 Å². The Labute approximate surface area is 101 Å². The topological polar surface area (TPSA) is 52.6 Å². The van der Waals surface area contributed by atoms with Crippen LogP contribution in [0.1, 0.15) is 11.1 Å². The Hall–Kier alpha value is -1.97. The van der Waals surface area contributed by atoms with E-state index >= 15 is 0 Å². The van der Waals surface area contributed by atoms with Gasteiger partial charge in [0.15, 0.2) is 0 Å². The number of amides is 1. The van der Waals surface area contributed by atoms with Crippen LogP contribution in [0.2, 0.25) is 0 Å². The maximum absolute atomic E-state index is 11.3. The van der Waals surface area contributed by atoms with Gasteiger partial charge in [0.05, 0.1) is 6.54 Å².